The molecule has 0 saturated heterocycles. The summed E-state index contributed by atoms with van der Waals surface area (Å²) >= 11 is 21.3. The minimum absolute atomic E-state index is 0.123. The van der Waals surface area contributed by atoms with Crippen molar-refractivity contribution in [1.82, 2.24) is 5.32 Å². The van der Waals surface area contributed by atoms with Crippen molar-refractivity contribution in [3.05, 3.63) is 28.7 Å². The quantitative estimate of drug-likeness (QED) is 0.277. The first-order chi connectivity index (χ1) is 10.8. The Hall–Kier alpha value is -0.160. The molecule has 0 aromatic heterocycles. The minimum Gasteiger partial charge on any atom is -0.362 e. The van der Waals surface area contributed by atoms with Gasteiger partial charge in [-0.15, -0.1) is 0 Å². The molecule has 23 heavy (non-hydrogen) atoms. The van der Waals surface area contributed by atoms with E-state index < -0.39 is 9.96 Å². The second-order valence-electron chi connectivity index (χ2n) is 5.36. The number of amides is 1. The van der Waals surface area contributed by atoms with Gasteiger partial charge in [0.25, 0.3) is 0 Å². The Bertz CT molecular complexity index is 477. The molecule has 0 saturated carbocycles. The summed E-state index contributed by atoms with van der Waals surface area (Å²) in [6.07, 6.45) is 5.05. The Morgan fingerprint density at radius 2 is 1.74 bits per heavy atom. The van der Waals surface area contributed by atoms with Crippen molar-refractivity contribution < 1.29 is 4.79 Å². The van der Waals surface area contributed by atoms with Crippen LogP contribution in [0.1, 0.15) is 45.4 Å². The number of nitrogens with one attached hydrogen (secondary N) is 2. The molecule has 1 unspecified atom stereocenters. The predicted octanol–water partition coefficient (Wildman–Crippen LogP) is 6.03. The van der Waals surface area contributed by atoms with Gasteiger partial charge < -0.3 is 10.6 Å². The lowest BCUT2D eigenvalue weighted by molar-refractivity contribution is -0.121. The van der Waals surface area contributed by atoms with Crippen molar-refractivity contribution in [1.29, 1.82) is 0 Å². The Kier molecular flexibility index (Phi) is 9.67. The Morgan fingerprint density at radius 1 is 1.13 bits per heavy atom. The smallest absolute Gasteiger partial charge is 0.228 e. The number of alkyl halides is 3. The largest absolute Gasteiger partial charge is 0.362 e. The molecule has 0 aliphatic rings. The van der Waals surface area contributed by atoms with Gasteiger partial charge in [0.05, 0.1) is 0 Å². The number of unbranched alkanes of at least 4 members (excludes halogenated alkanes) is 4. The third-order valence-corrected chi connectivity index (χ3v) is 4.48. The molecule has 0 aliphatic carbocycles. The van der Waals surface area contributed by atoms with Crippen molar-refractivity contribution in [2.24, 2.45) is 0 Å². The summed E-state index contributed by atoms with van der Waals surface area (Å²) in [5, 5.41) is 5.79. The first-order valence-electron chi connectivity index (χ1n) is 7.71. The lowest BCUT2D eigenvalue weighted by atomic mass is 10.1. The predicted molar refractivity (Wildman–Crippen MR) is 103 cm³/mol. The van der Waals surface area contributed by atoms with Gasteiger partial charge in [-0.3, -0.25) is 4.79 Å². The second kappa shape index (κ2) is 10.7. The molecule has 0 fully saturated rings. The second-order valence-corrected chi connectivity index (χ2v) is 8.64. The van der Waals surface area contributed by atoms with Gasteiger partial charge in [-0.25, -0.2) is 0 Å². The maximum atomic E-state index is 12.0. The number of halogens is 4. The number of hydrogen-bond acceptors (Lipinski definition) is 2. The molecular weight excluding hydrogens is 422 g/mol. The van der Waals surface area contributed by atoms with Crippen LogP contribution in [0.4, 0.5) is 5.69 Å². The molecule has 0 heterocycles. The number of hydrogen-bond donors (Lipinski definition) is 2. The summed E-state index contributed by atoms with van der Waals surface area (Å²) in [5.74, 6) is -0.123. The van der Waals surface area contributed by atoms with E-state index in [1.165, 1.54) is 12.8 Å². The van der Waals surface area contributed by atoms with Gasteiger partial charge in [-0.1, -0.05) is 83.3 Å². The maximum Gasteiger partial charge on any atom is 0.228 e. The molecule has 0 radical (unpaired) electrons. The molecule has 1 aromatic carbocycles. The molecule has 2 N–H and O–H groups in total. The van der Waals surface area contributed by atoms with Crippen LogP contribution in [0.5, 0.6) is 0 Å². The number of anilines is 1. The van der Waals surface area contributed by atoms with E-state index in [0.717, 1.165) is 29.4 Å². The topological polar surface area (TPSA) is 41.1 Å². The normalized spacial score (nSPS) is 12.7. The Morgan fingerprint density at radius 3 is 2.30 bits per heavy atom. The molecule has 1 aromatic rings. The summed E-state index contributed by atoms with van der Waals surface area (Å²) in [6.45, 7) is 2.16. The highest BCUT2D eigenvalue weighted by atomic mass is 79.9. The van der Waals surface area contributed by atoms with Crippen LogP contribution in [-0.4, -0.2) is 15.9 Å². The van der Waals surface area contributed by atoms with E-state index in [0.29, 0.717) is 6.42 Å². The standard InChI is InChI=1S/C16H22BrCl3N2O/c1-2-3-4-5-6-7-14(23)22-15(16(18,19)20)21-13-10-8-12(17)9-11-13/h8-11,15,21H,2-7H2,1H3,(H,22,23). The van der Waals surface area contributed by atoms with Crippen LogP contribution in [0.2, 0.25) is 0 Å². The molecule has 130 valence electrons. The SMILES string of the molecule is CCCCCCCC(=O)NC(Nc1ccc(Br)cc1)C(Cl)(Cl)Cl. The molecule has 1 rings (SSSR count). The van der Waals surface area contributed by atoms with Gasteiger partial charge in [-0.2, -0.15) is 0 Å². The summed E-state index contributed by atoms with van der Waals surface area (Å²) in [7, 11) is 0. The van der Waals surface area contributed by atoms with Gasteiger partial charge in [0.1, 0.15) is 6.17 Å². The fourth-order valence-electron chi connectivity index (χ4n) is 2.03. The summed E-state index contributed by atoms with van der Waals surface area (Å²) in [4.78, 5) is 12.0. The first kappa shape index (κ1) is 20.9. The summed E-state index contributed by atoms with van der Waals surface area (Å²) in [6, 6.07) is 7.41. The van der Waals surface area contributed by atoms with Crippen molar-refractivity contribution in [2.75, 3.05) is 5.32 Å². The highest BCUT2D eigenvalue weighted by Crippen LogP contribution is 2.31. The molecule has 3 nitrogen and oxygen atoms in total. The van der Waals surface area contributed by atoms with Crippen molar-refractivity contribution in [2.45, 2.75) is 55.4 Å². The fraction of sp³-hybridized carbons (Fsp3) is 0.562. The maximum absolute atomic E-state index is 12.0. The molecule has 1 amide bonds. The van der Waals surface area contributed by atoms with Gasteiger partial charge >= 0.3 is 0 Å². The van der Waals surface area contributed by atoms with Gasteiger partial charge in [-0.05, 0) is 30.7 Å². The summed E-state index contributed by atoms with van der Waals surface area (Å²) < 4.78 is -0.699. The van der Waals surface area contributed by atoms with E-state index in [4.69, 9.17) is 34.8 Å². The average molecular weight is 445 g/mol. The molecule has 0 bridgehead atoms. The highest BCUT2D eigenvalue weighted by molar-refractivity contribution is 9.10. The van der Waals surface area contributed by atoms with Crippen LogP contribution in [0.3, 0.4) is 0 Å². The number of carbonyl (C=O) groups is 1. The number of rotatable bonds is 9. The zero-order valence-electron chi connectivity index (χ0n) is 13.0. The third-order valence-electron chi connectivity index (χ3n) is 3.30. The first-order valence-corrected chi connectivity index (χ1v) is 9.63. The highest BCUT2D eigenvalue weighted by Gasteiger charge is 2.33. The molecule has 0 spiro atoms. The molecule has 1 atom stereocenters. The zero-order chi connectivity index (χ0) is 17.3. The minimum atomic E-state index is -1.65. The van der Waals surface area contributed by atoms with Crippen molar-refractivity contribution >= 4 is 62.3 Å². The van der Waals surface area contributed by atoms with Crippen LogP contribution in [0, 0.1) is 0 Å². The Balaban J connectivity index is 2.51. The van der Waals surface area contributed by atoms with Gasteiger partial charge in [0.15, 0.2) is 0 Å². The van der Waals surface area contributed by atoms with Crippen LogP contribution < -0.4 is 10.6 Å². The van der Waals surface area contributed by atoms with E-state index in [1.807, 2.05) is 24.3 Å². The van der Waals surface area contributed by atoms with E-state index in [-0.39, 0.29) is 5.91 Å². The third kappa shape index (κ3) is 9.04. The molecular formula is C16H22BrCl3N2O. The lowest BCUT2D eigenvalue weighted by Gasteiger charge is -2.27. The van der Waals surface area contributed by atoms with Crippen molar-refractivity contribution in [3.63, 3.8) is 0 Å². The number of benzene rings is 1. The van der Waals surface area contributed by atoms with E-state index in [2.05, 4.69) is 33.5 Å². The van der Waals surface area contributed by atoms with Gasteiger partial charge in [0, 0.05) is 16.6 Å². The monoisotopic (exact) mass is 442 g/mol. The van der Waals surface area contributed by atoms with Crippen LogP contribution in [0.25, 0.3) is 0 Å². The van der Waals surface area contributed by atoms with Crippen LogP contribution in [0.15, 0.2) is 28.7 Å². The Labute approximate surface area is 161 Å². The lowest BCUT2D eigenvalue weighted by Crippen LogP contribution is -2.49. The molecule has 7 heteroatoms. The van der Waals surface area contributed by atoms with E-state index in [9.17, 15) is 4.79 Å². The van der Waals surface area contributed by atoms with E-state index >= 15 is 0 Å². The van der Waals surface area contributed by atoms with Crippen LogP contribution >= 0.6 is 50.7 Å². The fourth-order valence-corrected chi connectivity index (χ4v) is 2.63. The van der Waals surface area contributed by atoms with E-state index in [1.54, 1.807) is 0 Å². The molecule has 0 aliphatic heterocycles. The zero-order valence-corrected chi connectivity index (χ0v) is 16.9. The van der Waals surface area contributed by atoms with Crippen LogP contribution in [-0.2, 0) is 4.79 Å². The number of carbonyl (C=O) groups excluding carboxylic acids is 1. The average Bonchev–Trinajstić information content (AvgIpc) is 2.47. The van der Waals surface area contributed by atoms with Crippen molar-refractivity contribution in [3.8, 4) is 0 Å². The van der Waals surface area contributed by atoms with Gasteiger partial charge in [0.2, 0.25) is 9.70 Å². The summed E-state index contributed by atoms with van der Waals surface area (Å²) in [5.41, 5.74) is 0.757.